The van der Waals surface area contributed by atoms with Crippen LogP contribution in [0.4, 0.5) is 5.69 Å². The second-order valence-corrected chi connectivity index (χ2v) is 10.0. The number of ether oxygens (including phenoxy) is 1. The van der Waals surface area contributed by atoms with E-state index in [1.807, 2.05) is 0 Å². The molecule has 0 saturated heterocycles. The molecule has 0 fully saturated rings. The summed E-state index contributed by atoms with van der Waals surface area (Å²) in [4.78, 5) is 27.4. The summed E-state index contributed by atoms with van der Waals surface area (Å²) in [5.41, 5.74) is 0.797. The lowest BCUT2D eigenvalue weighted by Crippen LogP contribution is -2.51. The van der Waals surface area contributed by atoms with Crippen molar-refractivity contribution in [3.63, 3.8) is 0 Å². The number of hydrogen-bond donors (Lipinski definition) is 1. The van der Waals surface area contributed by atoms with E-state index in [-0.39, 0.29) is 28.2 Å². The van der Waals surface area contributed by atoms with Gasteiger partial charge in [0.1, 0.15) is 18.3 Å². The Morgan fingerprint density at radius 3 is 2.42 bits per heavy atom. The topological polar surface area (TPSA) is 96.0 Å². The predicted octanol–water partition coefficient (Wildman–Crippen LogP) is 3.32. The van der Waals surface area contributed by atoms with Gasteiger partial charge in [0.2, 0.25) is 21.8 Å². The van der Waals surface area contributed by atoms with Gasteiger partial charge in [-0.2, -0.15) is 0 Å². The lowest BCUT2D eigenvalue weighted by Gasteiger charge is -2.32. The average Bonchev–Trinajstić information content (AvgIpc) is 2.78. The van der Waals surface area contributed by atoms with Crippen molar-refractivity contribution in [1.29, 1.82) is 0 Å². The molecule has 0 bridgehead atoms. The monoisotopic (exact) mass is 515 g/mol. The minimum Gasteiger partial charge on any atom is -0.497 e. The van der Waals surface area contributed by atoms with E-state index in [4.69, 9.17) is 27.9 Å². The normalized spacial score (nSPS) is 12.1. The molecule has 0 unspecified atom stereocenters. The fraction of sp³-hybridized carbons (Fsp3) is 0.364. The Labute approximate surface area is 204 Å². The second kappa shape index (κ2) is 11.6. The Bertz CT molecular complexity index is 1110. The summed E-state index contributed by atoms with van der Waals surface area (Å²) in [6.45, 7) is 1.28. The van der Waals surface area contributed by atoms with Crippen LogP contribution in [-0.2, 0) is 26.2 Å². The van der Waals surface area contributed by atoms with Crippen molar-refractivity contribution in [2.24, 2.45) is 0 Å². The molecular formula is C22H27Cl2N3O5S. The smallest absolute Gasteiger partial charge is 0.244 e. The van der Waals surface area contributed by atoms with Crippen molar-refractivity contribution >= 4 is 50.7 Å². The van der Waals surface area contributed by atoms with Crippen molar-refractivity contribution < 1.29 is 22.7 Å². The third-order valence-corrected chi connectivity index (χ3v) is 6.66. The van der Waals surface area contributed by atoms with Gasteiger partial charge in [-0.05, 0) is 42.3 Å². The van der Waals surface area contributed by atoms with Crippen LogP contribution in [0.5, 0.6) is 5.75 Å². The molecule has 2 aromatic carbocycles. The molecule has 0 aliphatic rings. The van der Waals surface area contributed by atoms with E-state index in [1.54, 1.807) is 31.2 Å². The maximum absolute atomic E-state index is 13.5. The number of methoxy groups -OCH3 is 1. The Morgan fingerprint density at radius 1 is 1.15 bits per heavy atom. The summed E-state index contributed by atoms with van der Waals surface area (Å²) in [6.07, 6.45) is 1.30. The van der Waals surface area contributed by atoms with E-state index in [9.17, 15) is 18.0 Å². The van der Waals surface area contributed by atoms with Crippen LogP contribution in [-0.4, -0.2) is 58.1 Å². The first-order valence-corrected chi connectivity index (χ1v) is 12.7. The number of likely N-dealkylation sites (N-methyl/N-ethyl adjacent to an activating group) is 1. The molecule has 2 rings (SSSR count). The van der Waals surface area contributed by atoms with Crippen LogP contribution in [0, 0.1) is 0 Å². The number of sulfonamides is 1. The molecule has 0 heterocycles. The van der Waals surface area contributed by atoms with Gasteiger partial charge in [-0.1, -0.05) is 42.3 Å². The molecule has 0 spiro atoms. The maximum atomic E-state index is 13.5. The largest absolute Gasteiger partial charge is 0.497 e. The first-order valence-electron chi connectivity index (χ1n) is 10.1. The van der Waals surface area contributed by atoms with Crippen molar-refractivity contribution in [3.8, 4) is 5.75 Å². The summed E-state index contributed by atoms with van der Waals surface area (Å²) in [5, 5.41) is 2.95. The molecule has 0 aliphatic heterocycles. The Balaban J connectivity index is 2.48. The van der Waals surface area contributed by atoms with Crippen molar-refractivity contribution in [2.45, 2.75) is 25.9 Å². The van der Waals surface area contributed by atoms with Crippen molar-refractivity contribution in [2.75, 3.05) is 31.3 Å². The molecule has 180 valence electrons. The van der Waals surface area contributed by atoms with E-state index >= 15 is 0 Å². The van der Waals surface area contributed by atoms with Crippen LogP contribution in [0.25, 0.3) is 0 Å². The summed E-state index contributed by atoms with van der Waals surface area (Å²) in [6, 6.07) is 10.6. The number of hydrogen-bond acceptors (Lipinski definition) is 5. The number of amides is 2. The van der Waals surface area contributed by atoms with Gasteiger partial charge >= 0.3 is 0 Å². The van der Waals surface area contributed by atoms with Gasteiger partial charge in [-0.15, -0.1) is 0 Å². The highest BCUT2D eigenvalue weighted by atomic mass is 35.5. The van der Waals surface area contributed by atoms with Gasteiger partial charge < -0.3 is 15.0 Å². The highest BCUT2D eigenvalue weighted by molar-refractivity contribution is 7.92. The van der Waals surface area contributed by atoms with Gasteiger partial charge in [-0.3, -0.25) is 13.9 Å². The molecular weight excluding hydrogens is 489 g/mol. The minimum atomic E-state index is -3.91. The maximum Gasteiger partial charge on any atom is 0.244 e. The number of nitrogens with zero attached hydrogens (tertiary/aromatic N) is 2. The van der Waals surface area contributed by atoms with Crippen LogP contribution < -0.4 is 14.4 Å². The SMILES string of the molecule is CC[C@H](C(=O)NC)N(Cc1cccc(OC)c1)C(=O)CN(c1cc(Cl)ccc1Cl)S(C)(=O)=O. The zero-order chi connectivity index (χ0) is 24.8. The van der Waals surface area contributed by atoms with Crippen LogP contribution in [0.2, 0.25) is 10.0 Å². The highest BCUT2D eigenvalue weighted by Crippen LogP contribution is 2.31. The summed E-state index contributed by atoms with van der Waals surface area (Å²) in [5.74, 6) is -0.341. The fourth-order valence-electron chi connectivity index (χ4n) is 3.33. The quantitative estimate of drug-likeness (QED) is 0.523. The highest BCUT2D eigenvalue weighted by Gasteiger charge is 2.32. The fourth-order valence-corrected chi connectivity index (χ4v) is 4.61. The van der Waals surface area contributed by atoms with Gasteiger partial charge in [0.05, 0.1) is 24.1 Å². The molecule has 1 atom stereocenters. The molecule has 0 aromatic heterocycles. The summed E-state index contributed by atoms with van der Waals surface area (Å²) >= 11 is 12.3. The van der Waals surface area contributed by atoms with E-state index in [1.165, 1.54) is 37.3 Å². The number of anilines is 1. The lowest BCUT2D eigenvalue weighted by atomic mass is 10.1. The van der Waals surface area contributed by atoms with Crippen molar-refractivity contribution in [3.05, 3.63) is 58.1 Å². The lowest BCUT2D eigenvalue weighted by molar-refractivity contribution is -0.140. The molecule has 11 heteroatoms. The van der Waals surface area contributed by atoms with Gasteiger partial charge in [0.25, 0.3) is 0 Å². The second-order valence-electron chi connectivity index (χ2n) is 7.28. The van der Waals surface area contributed by atoms with E-state index in [0.717, 1.165) is 16.1 Å². The number of rotatable bonds is 10. The Kier molecular flexibility index (Phi) is 9.39. The van der Waals surface area contributed by atoms with E-state index < -0.39 is 28.5 Å². The molecule has 8 nitrogen and oxygen atoms in total. The third-order valence-electron chi connectivity index (χ3n) is 4.98. The van der Waals surface area contributed by atoms with Gasteiger partial charge in [-0.25, -0.2) is 8.42 Å². The van der Waals surface area contributed by atoms with Gasteiger partial charge in [0, 0.05) is 18.6 Å². The van der Waals surface area contributed by atoms with E-state index in [0.29, 0.717) is 12.2 Å². The first kappa shape index (κ1) is 26.8. The van der Waals surface area contributed by atoms with Crippen LogP contribution >= 0.6 is 23.2 Å². The number of carbonyl (C=O) groups excluding carboxylic acids is 2. The molecule has 0 saturated carbocycles. The van der Waals surface area contributed by atoms with Crippen LogP contribution in [0.1, 0.15) is 18.9 Å². The minimum absolute atomic E-state index is 0.0723. The number of nitrogens with one attached hydrogen (secondary N) is 1. The Hall–Kier alpha value is -2.49. The number of carbonyl (C=O) groups is 2. The number of benzene rings is 2. The standard InChI is InChI=1S/C22H27Cl2N3O5S/c1-5-19(22(29)25-2)26(13-15-7-6-8-17(11-15)32-3)21(28)14-27(33(4,30)31)20-12-16(23)9-10-18(20)24/h6-12,19H,5,13-14H2,1-4H3,(H,25,29)/t19-/m1/s1. The zero-order valence-electron chi connectivity index (χ0n) is 18.8. The molecule has 1 N–H and O–H groups in total. The zero-order valence-corrected chi connectivity index (χ0v) is 21.2. The summed E-state index contributed by atoms with van der Waals surface area (Å²) in [7, 11) is -0.898. The molecule has 0 radical (unpaired) electrons. The molecule has 0 aliphatic carbocycles. The Morgan fingerprint density at radius 2 is 1.85 bits per heavy atom. The van der Waals surface area contributed by atoms with Crippen molar-refractivity contribution in [1.82, 2.24) is 10.2 Å². The van der Waals surface area contributed by atoms with E-state index in [2.05, 4.69) is 5.32 Å². The number of halogens is 2. The third kappa shape index (κ3) is 6.99. The predicted molar refractivity (Wildman–Crippen MR) is 130 cm³/mol. The molecule has 33 heavy (non-hydrogen) atoms. The summed E-state index contributed by atoms with van der Waals surface area (Å²) < 4.78 is 31.3. The van der Waals surface area contributed by atoms with Crippen LogP contribution in [0.3, 0.4) is 0 Å². The molecule has 2 aromatic rings. The molecule has 2 amide bonds. The first-order chi connectivity index (χ1) is 15.5. The van der Waals surface area contributed by atoms with Crippen LogP contribution in [0.15, 0.2) is 42.5 Å². The average molecular weight is 516 g/mol. The van der Waals surface area contributed by atoms with Gasteiger partial charge in [0.15, 0.2) is 0 Å².